The molecule has 1 heterocycles. The lowest BCUT2D eigenvalue weighted by atomic mass is 9.98. The molecular formula is C44H77NO10. The maximum Gasteiger partial charge on any atom is 0.249 e. The van der Waals surface area contributed by atoms with Crippen molar-refractivity contribution in [1.29, 1.82) is 0 Å². The van der Waals surface area contributed by atoms with Crippen LogP contribution in [0.3, 0.4) is 0 Å². The first-order chi connectivity index (χ1) is 26.7. The lowest BCUT2D eigenvalue weighted by molar-refractivity contribution is -0.303. The quantitative estimate of drug-likeness (QED) is 0.0290. The standard InChI is InChI=1S/C44H77NO10/c1-3-5-7-9-11-13-15-17-18-19-20-22-24-26-28-30-32-37(48)43(53)45-35(34-54-44-42(52)41(51)40(50)38(33-46)55-44)39(49)36(47)31-29-27-25-23-21-16-14-12-10-8-6-4-2/h4,6,11-14,17-18,23,25,35-42,44,46-52H,3,5,7-10,15-16,19-22,24,26-34H2,1-2H3,(H,45,53)/b6-4+,13-11-,14-12+,18-17-,25-23+. The summed E-state index contributed by atoms with van der Waals surface area (Å²) in [5.74, 6) is -0.727. The molecule has 9 atom stereocenters. The van der Waals surface area contributed by atoms with Gasteiger partial charge in [0.25, 0.3) is 0 Å². The minimum absolute atomic E-state index is 0.234. The maximum absolute atomic E-state index is 13.0. The lowest BCUT2D eigenvalue weighted by Gasteiger charge is -2.40. The lowest BCUT2D eigenvalue weighted by Crippen LogP contribution is -2.60. The summed E-state index contributed by atoms with van der Waals surface area (Å²) in [5.41, 5.74) is 0. The SMILES string of the molecule is C/C=C/CC/C=C/CC/C=C/CCCC(O)C(O)C(COC1OC(CO)C(O)C(O)C1O)NC(=O)C(O)CCCCCCCC/C=C\C/C=C\CCCCC. The van der Waals surface area contributed by atoms with Crippen molar-refractivity contribution < 1.29 is 50.0 Å². The highest BCUT2D eigenvalue weighted by molar-refractivity contribution is 5.80. The van der Waals surface area contributed by atoms with Gasteiger partial charge < -0.3 is 50.5 Å². The Morgan fingerprint density at radius 3 is 1.84 bits per heavy atom. The highest BCUT2D eigenvalue weighted by atomic mass is 16.7. The summed E-state index contributed by atoms with van der Waals surface area (Å²) in [7, 11) is 0. The minimum Gasteiger partial charge on any atom is -0.394 e. The van der Waals surface area contributed by atoms with E-state index in [2.05, 4.69) is 60.8 Å². The number of nitrogens with one attached hydrogen (secondary N) is 1. The Morgan fingerprint density at radius 2 is 1.22 bits per heavy atom. The predicted molar refractivity (Wildman–Crippen MR) is 219 cm³/mol. The molecule has 11 heteroatoms. The van der Waals surface area contributed by atoms with E-state index in [4.69, 9.17) is 9.47 Å². The van der Waals surface area contributed by atoms with Crippen molar-refractivity contribution in [2.45, 2.75) is 197 Å². The van der Waals surface area contributed by atoms with Crippen molar-refractivity contribution in [2.75, 3.05) is 13.2 Å². The summed E-state index contributed by atoms with van der Waals surface area (Å²) >= 11 is 0. The van der Waals surface area contributed by atoms with E-state index in [0.29, 0.717) is 19.3 Å². The van der Waals surface area contributed by atoms with Gasteiger partial charge in [0.05, 0.1) is 25.4 Å². The number of allylic oxidation sites excluding steroid dienone is 10. The number of ether oxygens (including phenoxy) is 2. The molecule has 9 unspecified atom stereocenters. The smallest absolute Gasteiger partial charge is 0.249 e. The third-order valence-corrected chi connectivity index (χ3v) is 9.84. The van der Waals surface area contributed by atoms with E-state index in [-0.39, 0.29) is 12.8 Å². The van der Waals surface area contributed by atoms with E-state index >= 15 is 0 Å². The zero-order chi connectivity index (χ0) is 40.5. The van der Waals surface area contributed by atoms with Gasteiger partial charge in [-0.05, 0) is 90.4 Å². The molecule has 11 nitrogen and oxygen atoms in total. The zero-order valence-electron chi connectivity index (χ0n) is 33.9. The van der Waals surface area contributed by atoms with Gasteiger partial charge >= 0.3 is 0 Å². The van der Waals surface area contributed by atoms with Gasteiger partial charge in [-0.1, -0.05) is 113 Å². The first kappa shape index (κ1) is 50.8. The Hall–Kier alpha value is -2.19. The van der Waals surface area contributed by atoms with Gasteiger partial charge in [0.1, 0.15) is 36.6 Å². The average molecular weight is 780 g/mol. The number of hydrogen-bond donors (Lipinski definition) is 8. The fourth-order valence-electron chi connectivity index (χ4n) is 6.27. The molecule has 1 rings (SSSR count). The van der Waals surface area contributed by atoms with Crippen LogP contribution in [0.4, 0.5) is 0 Å². The van der Waals surface area contributed by atoms with Crippen LogP contribution in [0, 0.1) is 0 Å². The summed E-state index contributed by atoms with van der Waals surface area (Å²) < 4.78 is 11.0. The molecule has 1 amide bonds. The van der Waals surface area contributed by atoms with Crippen molar-refractivity contribution in [3.63, 3.8) is 0 Å². The molecule has 0 radical (unpaired) electrons. The molecular weight excluding hydrogens is 702 g/mol. The van der Waals surface area contributed by atoms with E-state index in [9.17, 15) is 40.5 Å². The van der Waals surface area contributed by atoms with Crippen LogP contribution in [-0.4, -0.2) is 110 Å². The van der Waals surface area contributed by atoms with Gasteiger partial charge in [-0.15, -0.1) is 0 Å². The van der Waals surface area contributed by atoms with Crippen LogP contribution in [0.5, 0.6) is 0 Å². The largest absolute Gasteiger partial charge is 0.394 e. The van der Waals surface area contributed by atoms with E-state index in [1.807, 2.05) is 19.1 Å². The van der Waals surface area contributed by atoms with Crippen LogP contribution in [0.15, 0.2) is 60.8 Å². The fraction of sp³-hybridized carbons (Fsp3) is 0.750. The molecule has 0 bridgehead atoms. The Kier molecular flexibility index (Phi) is 31.3. The zero-order valence-corrected chi connectivity index (χ0v) is 33.9. The first-order valence-electron chi connectivity index (χ1n) is 21.2. The summed E-state index contributed by atoms with van der Waals surface area (Å²) in [6.45, 7) is 3.13. The molecule has 1 aliphatic rings. The van der Waals surface area contributed by atoms with Crippen LogP contribution in [-0.2, 0) is 14.3 Å². The molecule has 318 valence electrons. The second-order valence-corrected chi connectivity index (χ2v) is 14.7. The second-order valence-electron chi connectivity index (χ2n) is 14.7. The molecule has 0 saturated carbocycles. The van der Waals surface area contributed by atoms with Crippen LogP contribution < -0.4 is 5.32 Å². The molecule has 55 heavy (non-hydrogen) atoms. The Morgan fingerprint density at radius 1 is 0.673 bits per heavy atom. The molecule has 1 fully saturated rings. The Bertz CT molecular complexity index is 1080. The molecule has 1 aliphatic heterocycles. The van der Waals surface area contributed by atoms with Crippen molar-refractivity contribution >= 4 is 5.91 Å². The normalized spacial score (nSPS) is 23.1. The number of rotatable bonds is 33. The van der Waals surface area contributed by atoms with E-state index in [0.717, 1.165) is 77.0 Å². The summed E-state index contributed by atoms with van der Waals surface area (Å²) in [6.07, 6.45) is 28.6. The molecule has 0 aromatic rings. The number of aliphatic hydroxyl groups is 7. The van der Waals surface area contributed by atoms with Gasteiger partial charge in [0.15, 0.2) is 6.29 Å². The van der Waals surface area contributed by atoms with Crippen molar-refractivity contribution in [2.24, 2.45) is 0 Å². The highest BCUT2D eigenvalue weighted by Crippen LogP contribution is 2.23. The average Bonchev–Trinajstić information content (AvgIpc) is 3.18. The van der Waals surface area contributed by atoms with Crippen LogP contribution in [0.25, 0.3) is 0 Å². The van der Waals surface area contributed by atoms with Crippen LogP contribution in [0.2, 0.25) is 0 Å². The molecule has 0 aromatic heterocycles. The Labute approximate surface area is 331 Å². The van der Waals surface area contributed by atoms with E-state index < -0.39 is 74.2 Å². The minimum atomic E-state index is -1.67. The van der Waals surface area contributed by atoms with Crippen LogP contribution in [0.1, 0.15) is 142 Å². The number of aliphatic hydroxyl groups excluding tert-OH is 7. The highest BCUT2D eigenvalue weighted by Gasteiger charge is 2.44. The van der Waals surface area contributed by atoms with Crippen molar-refractivity contribution in [3.05, 3.63) is 60.8 Å². The maximum atomic E-state index is 13.0. The molecule has 0 aliphatic carbocycles. The third kappa shape index (κ3) is 24.2. The second kappa shape index (κ2) is 33.9. The van der Waals surface area contributed by atoms with Gasteiger partial charge in [-0.3, -0.25) is 4.79 Å². The molecule has 0 aromatic carbocycles. The number of amides is 1. The molecule has 8 N–H and O–H groups in total. The topological polar surface area (TPSA) is 189 Å². The van der Waals surface area contributed by atoms with E-state index in [1.54, 1.807) is 0 Å². The van der Waals surface area contributed by atoms with E-state index in [1.165, 1.54) is 19.3 Å². The predicted octanol–water partition coefficient (Wildman–Crippen LogP) is 5.99. The van der Waals surface area contributed by atoms with Crippen molar-refractivity contribution in [1.82, 2.24) is 5.32 Å². The molecule has 1 saturated heterocycles. The number of carbonyl (C=O) groups is 1. The fourth-order valence-corrected chi connectivity index (χ4v) is 6.27. The summed E-state index contributed by atoms with van der Waals surface area (Å²) in [4.78, 5) is 13.0. The summed E-state index contributed by atoms with van der Waals surface area (Å²) in [5, 5.41) is 75.3. The van der Waals surface area contributed by atoms with Gasteiger partial charge in [-0.25, -0.2) is 0 Å². The monoisotopic (exact) mass is 780 g/mol. The summed E-state index contributed by atoms with van der Waals surface area (Å²) in [6, 6.07) is -1.20. The number of unbranched alkanes of at least 4 members (excludes halogenated alkanes) is 12. The first-order valence-corrected chi connectivity index (χ1v) is 21.2. The van der Waals surface area contributed by atoms with Crippen molar-refractivity contribution in [3.8, 4) is 0 Å². The van der Waals surface area contributed by atoms with Gasteiger partial charge in [0.2, 0.25) is 5.91 Å². The Balaban J connectivity index is 2.54. The number of carbonyl (C=O) groups excluding carboxylic acids is 1. The number of hydrogen-bond acceptors (Lipinski definition) is 10. The van der Waals surface area contributed by atoms with Crippen LogP contribution >= 0.6 is 0 Å². The van der Waals surface area contributed by atoms with Gasteiger partial charge in [0, 0.05) is 0 Å². The third-order valence-electron chi connectivity index (χ3n) is 9.84. The molecule has 0 spiro atoms. The van der Waals surface area contributed by atoms with Gasteiger partial charge in [-0.2, -0.15) is 0 Å².